The van der Waals surface area contributed by atoms with Crippen molar-refractivity contribution in [1.29, 1.82) is 0 Å². The molecule has 1 aliphatic carbocycles. The Morgan fingerprint density at radius 3 is 2.71 bits per heavy atom. The van der Waals surface area contributed by atoms with E-state index in [2.05, 4.69) is 4.74 Å². The Balaban J connectivity index is 2.87. The standard InChI is InChI=1S/C10H15NO3/c1-11(2)6-8-7(10(13)14-3)4-5-9(8)12/h6-7H,4-5H2,1-3H3/b8-6-. The molecule has 78 valence electrons. The van der Waals surface area contributed by atoms with E-state index in [0.717, 1.165) is 0 Å². The lowest BCUT2D eigenvalue weighted by molar-refractivity contribution is -0.144. The maximum absolute atomic E-state index is 11.4. The first kappa shape index (κ1) is 10.8. The molecule has 14 heavy (non-hydrogen) atoms. The molecule has 0 aromatic rings. The van der Waals surface area contributed by atoms with Gasteiger partial charge in [0.15, 0.2) is 5.78 Å². The Bertz CT molecular complexity index is 281. The van der Waals surface area contributed by atoms with Crippen molar-refractivity contribution in [3.05, 3.63) is 11.8 Å². The number of ketones is 1. The van der Waals surface area contributed by atoms with Gasteiger partial charge in [0.25, 0.3) is 0 Å². The Labute approximate surface area is 83.5 Å². The predicted molar refractivity (Wildman–Crippen MR) is 51.5 cm³/mol. The summed E-state index contributed by atoms with van der Waals surface area (Å²) in [4.78, 5) is 24.5. The first-order chi connectivity index (χ1) is 6.56. The predicted octanol–water partition coefficient (Wildman–Crippen LogP) is 0.584. The van der Waals surface area contributed by atoms with E-state index in [1.807, 2.05) is 14.1 Å². The highest BCUT2D eigenvalue weighted by Gasteiger charge is 2.34. The third-order valence-electron chi connectivity index (χ3n) is 2.24. The summed E-state index contributed by atoms with van der Waals surface area (Å²) in [6.45, 7) is 0. The molecule has 4 nitrogen and oxygen atoms in total. The topological polar surface area (TPSA) is 46.6 Å². The molecule has 0 spiro atoms. The van der Waals surface area contributed by atoms with Gasteiger partial charge in [0.2, 0.25) is 0 Å². The Morgan fingerprint density at radius 1 is 1.57 bits per heavy atom. The van der Waals surface area contributed by atoms with Crippen LogP contribution in [0.5, 0.6) is 0 Å². The van der Waals surface area contributed by atoms with Crippen molar-refractivity contribution in [1.82, 2.24) is 4.90 Å². The van der Waals surface area contributed by atoms with Gasteiger partial charge in [0.05, 0.1) is 13.0 Å². The SMILES string of the molecule is COC(=O)C1CCC(=O)/C1=C\N(C)C. The normalized spacial score (nSPS) is 24.1. The van der Waals surface area contributed by atoms with Crippen molar-refractivity contribution in [2.45, 2.75) is 12.8 Å². The van der Waals surface area contributed by atoms with Crippen molar-refractivity contribution in [3.63, 3.8) is 0 Å². The number of methoxy groups -OCH3 is 1. The summed E-state index contributed by atoms with van der Waals surface area (Å²) in [6.07, 6.45) is 2.72. The zero-order valence-electron chi connectivity index (χ0n) is 8.74. The molecule has 0 aromatic heterocycles. The van der Waals surface area contributed by atoms with Gasteiger partial charge in [-0.15, -0.1) is 0 Å². The molecule has 0 aromatic carbocycles. The van der Waals surface area contributed by atoms with E-state index >= 15 is 0 Å². The molecule has 1 rings (SSSR count). The lowest BCUT2D eigenvalue weighted by Gasteiger charge is -2.11. The molecule has 4 heteroatoms. The van der Waals surface area contributed by atoms with Crippen LogP contribution in [0.1, 0.15) is 12.8 Å². The number of carbonyl (C=O) groups excluding carboxylic acids is 2. The quantitative estimate of drug-likeness (QED) is 0.480. The van der Waals surface area contributed by atoms with Gasteiger partial charge >= 0.3 is 5.97 Å². The first-order valence-corrected chi connectivity index (χ1v) is 4.55. The van der Waals surface area contributed by atoms with Crippen molar-refractivity contribution in [2.75, 3.05) is 21.2 Å². The number of carbonyl (C=O) groups is 2. The van der Waals surface area contributed by atoms with E-state index in [9.17, 15) is 9.59 Å². The summed E-state index contributed by atoms with van der Waals surface area (Å²) in [5.74, 6) is -0.632. The second kappa shape index (κ2) is 4.26. The van der Waals surface area contributed by atoms with Crippen LogP contribution in [-0.2, 0) is 14.3 Å². The maximum Gasteiger partial charge on any atom is 0.313 e. The fraction of sp³-hybridized carbons (Fsp3) is 0.600. The summed E-state index contributed by atoms with van der Waals surface area (Å²) >= 11 is 0. The zero-order chi connectivity index (χ0) is 10.7. The van der Waals surface area contributed by atoms with E-state index in [1.165, 1.54) is 7.11 Å². The highest BCUT2D eigenvalue weighted by Crippen LogP contribution is 2.29. The van der Waals surface area contributed by atoms with E-state index in [4.69, 9.17) is 0 Å². The monoisotopic (exact) mass is 197 g/mol. The van der Waals surface area contributed by atoms with Gasteiger partial charge in [-0.25, -0.2) is 0 Å². The molecular weight excluding hydrogens is 182 g/mol. The Morgan fingerprint density at radius 2 is 2.21 bits per heavy atom. The summed E-state index contributed by atoms with van der Waals surface area (Å²) < 4.78 is 4.64. The van der Waals surface area contributed by atoms with Gasteiger partial charge in [0.1, 0.15) is 0 Å². The molecular formula is C10H15NO3. The van der Waals surface area contributed by atoms with Crippen LogP contribution in [0.25, 0.3) is 0 Å². The van der Waals surface area contributed by atoms with Crippen molar-refractivity contribution < 1.29 is 14.3 Å². The second-order valence-electron chi connectivity index (χ2n) is 3.59. The van der Waals surface area contributed by atoms with Crippen LogP contribution in [0.4, 0.5) is 0 Å². The van der Waals surface area contributed by atoms with Gasteiger partial charge < -0.3 is 9.64 Å². The van der Waals surface area contributed by atoms with Gasteiger partial charge in [0, 0.05) is 32.3 Å². The van der Waals surface area contributed by atoms with Crippen molar-refractivity contribution in [2.24, 2.45) is 5.92 Å². The van der Waals surface area contributed by atoms with Crippen LogP contribution >= 0.6 is 0 Å². The molecule has 0 bridgehead atoms. The molecule has 0 amide bonds. The Hall–Kier alpha value is -1.32. The van der Waals surface area contributed by atoms with E-state index in [0.29, 0.717) is 18.4 Å². The summed E-state index contributed by atoms with van der Waals surface area (Å²) in [6, 6.07) is 0. The fourth-order valence-electron chi connectivity index (χ4n) is 1.60. The largest absolute Gasteiger partial charge is 0.469 e. The van der Waals surface area contributed by atoms with E-state index in [1.54, 1.807) is 11.1 Å². The molecule has 1 fully saturated rings. The number of Topliss-reactive ketones (excluding diaryl/α,β-unsaturated/α-hetero) is 1. The lowest BCUT2D eigenvalue weighted by atomic mass is 10.0. The summed E-state index contributed by atoms with van der Waals surface area (Å²) in [7, 11) is 5.00. The van der Waals surface area contributed by atoms with Crippen LogP contribution < -0.4 is 0 Å². The molecule has 0 radical (unpaired) electrons. The van der Waals surface area contributed by atoms with Gasteiger partial charge in [-0.05, 0) is 6.42 Å². The van der Waals surface area contributed by atoms with Gasteiger partial charge in [-0.2, -0.15) is 0 Å². The highest BCUT2D eigenvalue weighted by molar-refractivity contribution is 6.03. The molecule has 0 saturated heterocycles. The van der Waals surface area contributed by atoms with Crippen molar-refractivity contribution >= 4 is 11.8 Å². The molecule has 1 saturated carbocycles. The van der Waals surface area contributed by atoms with Crippen LogP contribution in [0, 0.1) is 5.92 Å². The Kier molecular flexibility index (Phi) is 3.28. The number of esters is 1. The second-order valence-corrected chi connectivity index (χ2v) is 3.59. The van der Waals surface area contributed by atoms with Crippen LogP contribution in [0.3, 0.4) is 0 Å². The molecule has 1 atom stereocenters. The van der Waals surface area contributed by atoms with E-state index < -0.39 is 0 Å². The van der Waals surface area contributed by atoms with Gasteiger partial charge in [-0.1, -0.05) is 0 Å². The first-order valence-electron chi connectivity index (χ1n) is 4.55. The van der Waals surface area contributed by atoms with E-state index in [-0.39, 0.29) is 17.7 Å². The zero-order valence-corrected chi connectivity index (χ0v) is 8.74. The smallest absolute Gasteiger partial charge is 0.313 e. The highest BCUT2D eigenvalue weighted by atomic mass is 16.5. The number of hydrogen-bond acceptors (Lipinski definition) is 4. The average molecular weight is 197 g/mol. The molecule has 0 heterocycles. The average Bonchev–Trinajstić information content (AvgIpc) is 2.46. The molecule has 0 N–H and O–H groups in total. The number of ether oxygens (including phenoxy) is 1. The van der Waals surface area contributed by atoms with Gasteiger partial charge in [-0.3, -0.25) is 9.59 Å². The van der Waals surface area contributed by atoms with Crippen LogP contribution in [0.2, 0.25) is 0 Å². The number of hydrogen-bond donors (Lipinski definition) is 0. The molecule has 1 unspecified atom stereocenters. The molecule has 0 aliphatic heterocycles. The third-order valence-corrected chi connectivity index (χ3v) is 2.24. The third kappa shape index (κ3) is 2.13. The minimum Gasteiger partial charge on any atom is -0.469 e. The minimum atomic E-state index is -0.366. The maximum atomic E-state index is 11.4. The lowest BCUT2D eigenvalue weighted by Crippen LogP contribution is -2.18. The summed E-state index contributed by atoms with van der Waals surface area (Å²) in [5, 5.41) is 0. The fourth-order valence-corrected chi connectivity index (χ4v) is 1.60. The van der Waals surface area contributed by atoms with Crippen molar-refractivity contribution in [3.8, 4) is 0 Å². The van der Waals surface area contributed by atoms with Crippen LogP contribution in [0.15, 0.2) is 11.8 Å². The number of rotatable bonds is 2. The summed E-state index contributed by atoms with van der Waals surface area (Å²) in [5.41, 5.74) is 0.571. The van der Waals surface area contributed by atoms with Crippen LogP contribution in [-0.4, -0.2) is 37.9 Å². The minimum absolute atomic E-state index is 0.0501. The molecule has 1 aliphatic rings. The number of nitrogens with zero attached hydrogens (tertiary/aromatic N) is 1.